The van der Waals surface area contributed by atoms with Crippen LogP contribution in [-0.2, 0) is 4.79 Å². The number of hydrogen-bond acceptors (Lipinski definition) is 2. The first-order chi connectivity index (χ1) is 7.15. The van der Waals surface area contributed by atoms with Crippen molar-refractivity contribution < 1.29 is 4.79 Å². The zero-order chi connectivity index (χ0) is 10.8. The van der Waals surface area contributed by atoms with Gasteiger partial charge in [0.15, 0.2) is 0 Å². The van der Waals surface area contributed by atoms with Crippen molar-refractivity contribution >= 4 is 5.91 Å². The van der Waals surface area contributed by atoms with Gasteiger partial charge >= 0.3 is 0 Å². The average molecular weight is 208 g/mol. The molecule has 2 rings (SSSR count). The van der Waals surface area contributed by atoms with E-state index in [2.05, 4.69) is 30.5 Å². The van der Waals surface area contributed by atoms with Crippen LogP contribution in [0.15, 0.2) is 11.8 Å². The third-order valence-corrected chi connectivity index (χ3v) is 3.42. The second-order valence-electron chi connectivity index (χ2n) is 4.97. The molecule has 0 spiro atoms. The highest BCUT2D eigenvalue weighted by Gasteiger charge is 2.32. The summed E-state index contributed by atoms with van der Waals surface area (Å²) in [7, 11) is 4.11. The quantitative estimate of drug-likeness (QED) is 0.708. The number of nitrogens with one attached hydrogen (secondary N) is 1. The van der Waals surface area contributed by atoms with E-state index < -0.39 is 0 Å². The number of hydrogen-bond donors (Lipinski definition) is 1. The smallest absolute Gasteiger partial charge is 0.220 e. The van der Waals surface area contributed by atoms with E-state index >= 15 is 0 Å². The fraction of sp³-hybridized carbons (Fsp3) is 0.750. The van der Waals surface area contributed by atoms with Gasteiger partial charge in [-0.2, -0.15) is 0 Å². The van der Waals surface area contributed by atoms with Gasteiger partial charge in [0.1, 0.15) is 0 Å². The fourth-order valence-electron chi connectivity index (χ4n) is 2.72. The largest absolute Gasteiger partial charge is 0.384 e. The Balaban J connectivity index is 2.00. The highest BCUT2D eigenvalue weighted by Crippen LogP contribution is 2.33. The van der Waals surface area contributed by atoms with Crippen molar-refractivity contribution in [3.8, 4) is 0 Å². The van der Waals surface area contributed by atoms with E-state index in [9.17, 15) is 4.79 Å². The summed E-state index contributed by atoms with van der Waals surface area (Å²) < 4.78 is 0. The van der Waals surface area contributed by atoms with Crippen LogP contribution in [0.4, 0.5) is 0 Å². The van der Waals surface area contributed by atoms with Gasteiger partial charge in [-0.05, 0) is 37.8 Å². The molecule has 0 radical (unpaired) electrons. The zero-order valence-corrected chi connectivity index (χ0v) is 9.62. The van der Waals surface area contributed by atoms with E-state index in [1.807, 2.05) is 0 Å². The van der Waals surface area contributed by atoms with Gasteiger partial charge in [0.05, 0.1) is 0 Å². The first kappa shape index (κ1) is 10.5. The normalized spacial score (nSPS) is 33.5. The first-order valence-corrected chi connectivity index (χ1v) is 5.80. The number of piperidine rings is 1. The van der Waals surface area contributed by atoms with Crippen LogP contribution in [0.2, 0.25) is 0 Å². The van der Waals surface area contributed by atoms with Crippen molar-refractivity contribution in [1.82, 2.24) is 10.2 Å². The van der Waals surface area contributed by atoms with Crippen molar-refractivity contribution in [1.29, 1.82) is 0 Å². The van der Waals surface area contributed by atoms with E-state index in [0.717, 1.165) is 25.2 Å². The van der Waals surface area contributed by atoms with Crippen molar-refractivity contribution in [2.45, 2.75) is 38.1 Å². The van der Waals surface area contributed by atoms with Gasteiger partial charge in [-0.1, -0.05) is 5.57 Å². The monoisotopic (exact) mass is 208 g/mol. The summed E-state index contributed by atoms with van der Waals surface area (Å²) in [6.45, 7) is 0. The van der Waals surface area contributed by atoms with Gasteiger partial charge < -0.3 is 10.2 Å². The van der Waals surface area contributed by atoms with Gasteiger partial charge in [-0.15, -0.1) is 0 Å². The molecule has 0 aromatic carbocycles. The maximum Gasteiger partial charge on any atom is 0.220 e. The predicted octanol–water partition coefficient (Wildman–Crippen LogP) is 1.51. The van der Waals surface area contributed by atoms with Crippen LogP contribution in [0.1, 0.15) is 32.1 Å². The molecule has 1 N–H and O–H groups in total. The van der Waals surface area contributed by atoms with Gasteiger partial charge in [0.25, 0.3) is 0 Å². The summed E-state index contributed by atoms with van der Waals surface area (Å²) in [5.74, 6) is 0.962. The number of amides is 1. The lowest BCUT2D eigenvalue weighted by Crippen LogP contribution is -2.46. The molecule has 1 saturated carbocycles. The highest BCUT2D eigenvalue weighted by molar-refractivity contribution is 5.77. The van der Waals surface area contributed by atoms with Crippen LogP contribution in [0.25, 0.3) is 0 Å². The predicted molar refractivity (Wildman–Crippen MR) is 60.3 cm³/mol. The molecule has 1 aliphatic heterocycles. The van der Waals surface area contributed by atoms with E-state index in [1.165, 1.54) is 18.4 Å². The van der Waals surface area contributed by atoms with Gasteiger partial charge in [0.2, 0.25) is 5.91 Å². The molecule has 1 heterocycles. The Morgan fingerprint density at radius 2 is 2.07 bits per heavy atom. The second-order valence-corrected chi connectivity index (χ2v) is 4.97. The topological polar surface area (TPSA) is 32.3 Å². The van der Waals surface area contributed by atoms with Crippen molar-refractivity contribution in [2.75, 3.05) is 14.1 Å². The molecule has 15 heavy (non-hydrogen) atoms. The fourth-order valence-corrected chi connectivity index (χ4v) is 2.72. The van der Waals surface area contributed by atoms with Crippen LogP contribution >= 0.6 is 0 Å². The van der Waals surface area contributed by atoms with Gasteiger partial charge in [-0.3, -0.25) is 4.79 Å². The van der Waals surface area contributed by atoms with Gasteiger partial charge in [-0.25, -0.2) is 0 Å². The van der Waals surface area contributed by atoms with Crippen LogP contribution in [0, 0.1) is 5.92 Å². The summed E-state index contributed by atoms with van der Waals surface area (Å²) in [4.78, 5) is 13.4. The average Bonchev–Trinajstić information content (AvgIpc) is 2.16. The number of nitrogens with zero attached hydrogens (tertiary/aromatic N) is 1. The Morgan fingerprint density at radius 3 is 2.80 bits per heavy atom. The molecule has 1 saturated heterocycles. The molecule has 2 unspecified atom stereocenters. The highest BCUT2D eigenvalue weighted by atomic mass is 16.1. The Morgan fingerprint density at radius 1 is 1.33 bits per heavy atom. The molecule has 1 amide bonds. The van der Waals surface area contributed by atoms with Crippen molar-refractivity contribution in [2.24, 2.45) is 5.92 Å². The second kappa shape index (κ2) is 4.25. The molecule has 2 aliphatic rings. The summed E-state index contributed by atoms with van der Waals surface area (Å²) in [6, 6.07) is 0.409. The molecule has 1 aliphatic carbocycles. The summed E-state index contributed by atoms with van der Waals surface area (Å²) in [5, 5.41) is 3.12. The minimum atomic E-state index is 0.238. The van der Waals surface area contributed by atoms with Crippen molar-refractivity contribution in [3.63, 3.8) is 0 Å². The summed E-state index contributed by atoms with van der Waals surface area (Å²) >= 11 is 0. The summed E-state index contributed by atoms with van der Waals surface area (Å²) in [5.41, 5.74) is 1.48. The lowest BCUT2D eigenvalue weighted by atomic mass is 9.77. The Labute approximate surface area is 91.5 Å². The third kappa shape index (κ3) is 2.52. The third-order valence-electron chi connectivity index (χ3n) is 3.42. The first-order valence-electron chi connectivity index (χ1n) is 5.80. The Hall–Kier alpha value is -0.990. The SMILES string of the molecule is CN(C)C=C1CCC2CCC(=O)NC2C1. The van der Waals surface area contributed by atoms with Crippen LogP contribution in [0.3, 0.4) is 0 Å². The molecule has 84 valence electrons. The maximum atomic E-state index is 11.3. The minimum absolute atomic E-state index is 0.238. The van der Waals surface area contributed by atoms with Crippen LogP contribution in [-0.4, -0.2) is 30.9 Å². The van der Waals surface area contributed by atoms with Gasteiger partial charge in [0, 0.05) is 26.6 Å². The molecule has 2 atom stereocenters. The molecule has 0 aromatic rings. The lowest BCUT2D eigenvalue weighted by Gasteiger charge is -2.37. The Kier molecular flexibility index (Phi) is 2.98. The van der Waals surface area contributed by atoms with E-state index in [-0.39, 0.29) is 5.91 Å². The molecule has 0 bridgehead atoms. The molecule has 2 fully saturated rings. The summed E-state index contributed by atoms with van der Waals surface area (Å²) in [6.07, 6.45) is 7.52. The van der Waals surface area contributed by atoms with E-state index in [0.29, 0.717) is 6.04 Å². The molecular weight excluding hydrogens is 188 g/mol. The molecule has 3 nitrogen and oxygen atoms in total. The maximum absolute atomic E-state index is 11.3. The van der Waals surface area contributed by atoms with Crippen LogP contribution < -0.4 is 5.32 Å². The number of rotatable bonds is 1. The number of fused-ring (bicyclic) bond motifs is 1. The Bertz CT molecular complexity index is 283. The molecule has 3 heteroatoms. The van der Waals surface area contributed by atoms with Crippen molar-refractivity contribution in [3.05, 3.63) is 11.8 Å². The number of carbonyl (C=O) groups is 1. The van der Waals surface area contributed by atoms with Crippen LogP contribution in [0.5, 0.6) is 0 Å². The lowest BCUT2D eigenvalue weighted by molar-refractivity contribution is -0.124. The standard InChI is InChI=1S/C12H20N2O/c1-14(2)8-9-3-4-10-5-6-12(15)13-11(10)7-9/h8,10-11H,3-7H2,1-2H3,(H,13,15). The van der Waals surface area contributed by atoms with E-state index in [4.69, 9.17) is 0 Å². The number of carbonyl (C=O) groups excluding carboxylic acids is 1. The minimum Gasteiger partial charge on any atom is -0.384 e. The van der Waals surface area contributed by atoms with E-state index in [1.54, 1.807) is 0 Å². The zero-order valence-electron chi connectivity index (χ0n) is 9.62. The molecular formula is C12H20N2O. The molecule has 0 aromatic heterocycles.